The van der Waals surface area contributed by atoms with Crippen LogP contribution in [0.3, 0.4) is 0 Å². The second kappa shape index (κ2) is 10.6. The van der Waals surface area contributed by atoms with E-state index in [9.17, 15) is 14.4 Å². The van der Waals surface area contributed by atoms with Gasteiger partial charge in [-0.1, -0.05) is 30.3 Å². The first-order valence-corrected chi connectivity index (χ1v) is 10.3. The number of nitrogen functional groups attached to an aromatic ring is 1. The molecule has 0 aliphatic carbocycles. The van der Waals surface area contributed by atoms with Crippen molar-refractivity contribution in [1.82, 2.24) is 20.5 Å². The van der Waals surface area contributed by atoms with Gasteiger partial charge in [0.15, 0.2) is 12.2 Å². The predicted octanol–water partition coefficient (Wildman–Crippen LogP) is -0.225. The average Bonchev–Trinajstić information content (AvgIpc) is 3.59. The molecule has 0 bridgehead atoms. The Morgan fingerprint density at radius 2 is 1.78 bits per heavy atom. The Kier molecular flexibility index (Phi) is 7.61. The Bertz CT molecular complexity index is 935. The standard InChI is InChI=1S/C22H28N6O4/c1-28(2)22(31)16(12-14-6-4-3-5-7-14)27-21(30)19-18(32-19)20(29)25-11-10-24-17-9-8-15(23)13-26-17/h3-9,13,16,18-19H,10-12,23H2,1-2H3,(H,24,26)(H,25,29)(H,27,30)/t16-,18?,19?/m0/s1. The number of benzene rings is 1. The van der Waals surface area contributed by atoms with Gasteiger partial charge in [0, 0.05) is 33.6 Å². The minimum atomic E-state index is -0.907. The van der Waals surface area contributed by atoms with Crippen molar-refractivity contribution in [2.75, 3.05) is 38.2 Å². The summed E-state index contributed by atoms with van der Waals surface area (Å²) in [5.74, 6) is -0.448. The molecule has 2 aromatic rings. The van der Waals surface area contributed by atoms with E-state index in [4.69, 9.17) is 10.5 Å². The molecule has 3 rings (SSSR count). The topological polar surface area (TPSA) is 142 Å². The van der Waals surface area contributed by atoms with Gasteiger partial charge in [-0.2, -0.15) is 0 Å². The Labute approximate surface area is 186 Å². The quantitative estimate of drug-likeness (QED) is 0.295. The van der Waals surface area contributed by atoms with Gasteiger partial charge < -0.3 is 31.3 Å². The lowest BCUT2D eigenvalue weighted by Gasteiger charge is -2.21. The third kappa shape index (κ3) is 6.42. The number of carbonyl (C=O) groups is 3. The third-order valence-corrected chi connectivity index (χ3v) is 4.86. The molecule has 32 heavy (non-hydrogen) atoms. The highest BCUT2D eigenvalue weighted by atomic mass is 16.6. The van der Waals surface area contributed by atoms with Crippen molar-refractivity contribution in [3.8, 4) is 0 Å². The lowest BCUT2D eigenvalue weighted by molar-refractivity contribution is -0.134. The molecule has 3 amide bonds. The highest BCUT2D eigenvalue weighted by molar-refractivity contribution is 5.97. The number of epoxide rings is 1. The number of rotatable bonds is 10. The molecule has 0 spiro atoms. The van der Waals surface area contributed by atoms with Crippen molar-refractivity contribution in [3.63, 3.8) is 0 Å². The summed E-state index contributed by atoms with van der Waals surface area (Å²) in [6.07, 6.45) is 0.109. The van der Waals surface area contributed by atoms with E-state index in [2.05, 4.69) is 20.9 Å². The van der Waals surface area contributed by atoms with Gasteiger partial charge in [0.1, 0.15) is 11.9 Å². The predicted molar refractivity (Wildman–Crippen MR) is 120 cm³/mol. The van der Waals surface area contributed by atoms with Gasteiger partial charge >= 0.3 is 0 Å². The summed E-state index contributed by atoms with van der Waals surface area (Å²) in [4.78, 5) is 42.9. The van der Waals surface area contributed by atoms with Crippen LogP contribution in [0, 0.1) is 0 Å². The number of pyridine rings is 1. The molecule has 10 heteroatoms. The molecule has 1 aliphatic heterocycles. The first-order valence-electron chi connectivity index (χ1n) is 10.3. The number of amides is 3. The van der Waals surface area contributed by atoms with Crippen LogP contribution in [0.4, 0.5) is 11.5 Å². The van der Waals surface area contributed by atoms with Crippen LogP contribution in [-0.2, 0) is 25.5 Å². The largest absolute Gasteiger partial charge is 0.397 e. The monoisotopic (exact) mass is 440 g/mol. The average molecular weight is 441 g/mol. The summed E-state index contributed by atoms with van der Waals surface area (Å²) in [5.41, 5.74) is 7.07. The number of aromatic nitrogens is 1. The third-order valence-electron chi connectivity index (χ3n) is 4.86. The van der Waals surface area contributed by atoms with Crippen LogP contribution in [0.5, 0.6) is 0 Å². The molecule has 1 saturated heterocycles. The summed E-state index contributed by atoms with van der Waals surface area (Å²) in [5, 5.41) is 8.48. The summed E-state index contributed by atoms with van der Waals surface area (Å²) in [6.45, 7) is 0.775. The van der Waals surface area contributed by atoms with E-state index in [1.165, 1.54) is 11.1 Å². The van der Waals surface area contributed by atoms with Crippen molar-refractivity contribution in [1.29, 1.82) is 0 Å². The zero-order valence-corrected chi connectivity index (χ0v) is 18.1. The maximum atomic E-state index is 12.6. The SMILES string of the molecule is CN(C)C(=O)[C@H](Cc1ccccc1)NC(=O)C1OC1C(=O)NCCNc1ccc(N)cn1. The molecule has 1 aromatic carbocycles. The minimum absolute atomic E-state index is 0.230. The van der Waals surface area contributed by atoms with Crippen LogP contribution < -0.4 is 21.7 Å². The van der Waals surface area contributed by atoms with Crippen molar-refractivity contribution in [2.24, 2.45) is 0 Å². The Morgan fingerprint density at radius 1 is 1.06 bits per heavy atom. The maximum absolute atomic E-state index is 12.6. The lowest BCUT2D eigenvalue weighted by Crippen LogP contribution is -2.49. The van der Waals surface area contributed by atoms with Crippen molar-refractivity contribution in [3.05, 3.63) is 54.2 Å². The van der Waals surface area contributed by atoms with Gasteiger partial charge in [0.05, 0.1) is 11.9 Å². The zero-order valence-electron chi connectivity index (χ0n) is 18.1. The molecule has 5 N–H and O–H groups in total. The molecular formula is C22H28N6O4. The molecule has 2 heterocycles. The summed E-state index contributed by atoms with van der Waals surface area (Å²) < 4.78 is 5.26. The van der Waals surface area contributed by atoms with Crippen molar-refractivity contribution in [2.45, 2.75) is 24.7 Å². The summed E-state index contributed by atoms with van der Waals surface area (Å²) >= 11 is 0. The zero-order chi connectivity index (χ0) is 23.1. The normalized spacial score (nSPS) is 17.7. The number of anilines is 2. The number of carbonyl (C=O) groups excluding carboxylic acids is 3. The van der Waals surface area contributed by atoms with E-state index in [0.29, 0.717) is 31.0 Å². The fraction of sp³-hybridized carbons (Fsp3) is 0.364. The van der Waals surface area contributed by atoms with Crippen LogP contribution in [0.1, 0.15) is 5.56 Å². The molecule has 0 radical (unpaired) electrons. The fourth-order valence-electron chi connectivity index (χ4n) is 3.11. The molecule has 0 saturated carbocycles. The maximum Gasteiger partial charge on any atom is 0.253 e. The van der Waals surface area contributed by atoms with Crippen LogP contribution in [0.25, 0.3) is 0 Å². The molecule has 1 aromatic heterocycles. The smallest absolute Gasteiger partial charge is 0.253 e. The van der Waals surface area contributed by atoms with Crippen molar-refractivity contribution < 1.29 is 19.1 Å². The molecule has 10 nitrogen and oxygen atoms in total. The number of ether oxygens (including phenoxy) is 1. The second-order valence-corrected chi connectivity index (χ2v) is 7.66. The van der Waals surface area contributed by atoms with Gasteiger partial charge in [0.25, 0.3) is 11.8 Å². The Balaban J connectivity index is 1.44. The molecule has 1 fully saturated rings. The van der Waals surface area contributed by atoms with Crippen LogP contribution in [0.15, 0.2) is 48.7 Å². The minimum Gasteiger partial charge on any atom is -0.397 e. The Hall–Kier alpha value is -3.66. The van der Waals surface area contributed by atoms with Crippen LogP contribution >= 0.6 is 0 Å². The number of hydrogen-bond acceptors (Lipinski definition) is 7. The highest BCUT2D eigenvalue weighted by Gasteiger charge is 2.50. The number of nitrogens with zero attached hydrogens (tertiary/aromatic N) is 2. The van der Waals surface area contributed by atoms with Gasteiger partial charge in [-0.3, -0.25) is 14.4 Å². The van der Waals surface area contributed by atoms with Gasteiger partial charge in [-0.15, -0.1) is 0 Å². The number of nitrogens with two attached hydrogens (primary N) is 1. The van der Waals surface area contributed by atoms with E-state index in [0.717, 1.165) is 5.56 Å². The fourth-order valence-corrected chi connectivity index (χ4v) is 3.11. The summed E-state index contributed by atoms with van der Waals surface area (Å²) in [6, 6.07) is 12.1. The molecule has 2 unspecified atom stereocenters. The highest BCUT2D eigenvalue weighted by Crippen LogP contribution is 2.22. The second-order valence-electron chi connectivity index (χ2n) is 7.66. The van der Waals surface area contributed by atoms with E-state index in [1.807, 2.05) is 30.3 Å². The number of hydrogen-bond donors (Lipinski definition) is 4. The molecule has 1 aliphatic rings. The lowest BCUT2D eigenvalue weighted by atomic mass is 10.0. The van der Waals surface area contributed by atoms with E-state index >= 15 is 0 Å². The number of likely N-dealkylation sites (N-methyl/N-ethyl adjacent to an activating group) is 1. The Morgan fingerprint density at radius 3 is 2.44 bits per heavy atom. The first-order chi connectivity index (χ1) is 15.3. The molecule has 170 valence electrons. The van der Waals surface area contributed by atoms with Crippen molar-refractivity contribution >= 4 is 29.2 Å². The number of nitrogens with one attached hydrogen (secondary N) is 3. The van der Waals surface area contributed by atoms with Gasteiger partial charge in [0.2, 0.25) is 5.91 Å². The van der Waals surface area contributed by atoms with Gasteiger partial charge in [-0.25, -0.2) is 4.98 Å². The van der Waals surface area contributed by atoms with E-state index < -0.39 is 24.2 Å². The van der Waals surface area contributed by atoms with Crippen LogP contribution in [0.2, 0.25) is 0 Å². The van der Waals surface area contributed by atoms with E-state index in [-0.39, 0.29) is 11.8 Å². The first kappa shape index (κ1) is 23.0. The van der Waals surface area contributed by atoms with Crippen LogP contribution in [-0.4, -0.2) is 73.0 Å². The molecule has 3 atom stereocenters. The van der Waals surface area contributed by atoms with E-state index in [1.54, 1.807) is 26.2 Å². The summed E-state index contributed by atoms with van der Waals surface area (Å²) in [7, 11) is 3.26. The molecular weight excluding hydrogens is 412 g/mol. The van der Waals surface area contributed by atoms with Gasteiger partial charge in [-0.05, 0) is 17.7 Å².